The van der Waals surface area contributed by atoms with E-state index < -0.39 is 0 Å². The molecule has 0 aliphatic carbocycles. The van der Waals surface area contributed by atoms with Crippen LogP contribution in [-0.4, -0.2) is 10.8 Å². The normalized spacial score (nSPS) is 10.2. The zero-order chi connectivity index (χ0) is 12.4. The van der Waals surface area contributed by atoms with Crippen molar-refractivity contribution in [2.75, 3.05) is 11.1 Å². The van der Waals surface area contributed by atoms with Crippen molar-refractivity contribution < 1.29 is 4.79 Å². The molecule has 0 radical (unpaired) electrons. The number of carbonyl (C=O) groups excluding carboxylic acids is 1. The van der Waals surface area contributed by atoms with E-state index in [1.54, 1.807) is 0 Å². The highest BCUT2D eigenvalue weighted by Crippen LogP contribution is 2.28. The second-order valence-corrected chi connectivity index (χ2v) is 4.73. The molecule has 0 aliphatic heterocycles. The summed E-state index contributed by atoms with van der Waals surface area (Å²) in [6.07, 6.45) is 0. The number of hydrogen-bond donors (Lipinski definition) is 2. The second-order valence-electron chi connectivity index (χ2n) is 3.73. The van der Waals surface area contributed by atoms with Gasteiger partial charge in [-0.3, -0.25) is 4.79 Å². The molecule has 0 atom stereocenters. The fourth-order valence-electron chi connectivity index (χ4n) is 1.47. The number of aryl methyl sites for hydroxylation is 1. The third-order valence-electron chi connectivity index (χ3n) is 2.36. The summed E-state index contributed by atoms with van der Waals surface area (Å²) < 4.78 is 0. The van der Waals surface area contributed by atoms with E-state index in [1.807, 2.05) is 31.2 Å². The van der Waals surface area contributed by atoms with Gasteiger partial charge >= 0.3 is 0 Å². The van der Waals surface area contributed by atoms with Crippen LogP contribution in [0.1, 0.15) is 22.2 Å². The Kier molecular flexibility index (Phi) is 3.10. The van der Waals surface area contributed by atoms with Crippen molar-refractivity contribution in [1.29, 1.82) is 0 Å². The molecule has 17 heavy (non-hydrogen) atoms. The van der Waals surface area contributed by atoms with Crippen molar-refractivity contribution in [3.63, 3.8) is 0 Å². The van der Waals surface area contributed by atoms with Crippen LogP contribution in [0.15, 0.2) is 24.3 Å². The van der Waals surface area contributed by atoms with Gasteiger partial charge in [0.15, 0.2) is 10.9 Å². The molecule has 0 aliphatic rings. The van der Waals surface area contributed by atoms with Gasteiger partial charge in [0.05, 0.1) is 0 Å². The van der Waals surface area contributed by atoms with Crippen LogP contribution < -0.4 is 11.1 Å². The lowest BCUT2D eigenvalue weighted by Gasteiger charge is -2.05. The quantitative estimate of drug-likeness (QED) is 0.818. The van der Waals surface area contributed by atoms with Crippen molar-refractivity contribution in [2.45, 2.75) is 13.8 Å². The van der Waals surface area contributed by atoms with Crippen molar-refractivity contribution >= 4 is 33.8 Å². The number of rotatable bonds is 3. The Bertz CT molecular complexity index is 563. The summed E-state index contributed by atoms with van der Waals surface area (Å²) in [6, 6.07) is 7.88. The van der Waals surface area contributed by atoms with Crippen LogP contribution in [-0.2, 0) is 0 Å². The van der Waals surface area contributed by atoms with Crippen LogP contribution in [0.3, 0.4) is 0 Å². The van der Waals surface area contributed by atoms with E-state index in [4.69, 9.17) is 5.73 Å². The van der Waals surface area contributed by atoms with Gasteiger partial charge in [-0.1, -0.05) is 29.5 Å². The predicted molar refractivity (Wildman–Crippen MR) is 71.0 cm³/mol. The van der Waals surface area contributed by atoms with E-state index >= 15 is 0 Å². The molecule has 1 aromatic heterocycles. The molecule has 0 fully saturated rings. The molecule has 88 valence electrons. The third kappa shape index (κ3) is 2.45. The maximum absolute atomic E-state index is 11.3. The highest BCUT2D eigenvalue weighted by molar-refractivity contribution is 7.18. The van der Waals surface area contributed by atoms with Gasteiger partial charge in [0.2, 0.25) is 0 Å². The third-order valence-corrected chi connectivity index (χ3v) is 3.45. The van der Waals surface area contributed by atoms with Crippen LogP contribution in [0.5, 0.6) is 0 Å². The minimum Gasteiger partial charge on any atom is -0.382 e. The number of para-hydroxylation sites is 1. The Hall–Kier alpha value is -1.88. The molecule has 0 saturated heterocycles. The standard InChI is InChI=1S/C12H13N3OS/c1-7-5-3-4-6-9(7)14-12-15-11(13)10(17-12)8(2)16/h3-6H,13H2,1-2H3,(H,14,15). The van der Waals surface area contributed by atoms with E-state index in [-0.39, 0.29) is 5.78 Å². The number of aromatic nitrogens is 1. The number of nitrogens with two attached hydrogens (primary N) is 1. The number of ketones is 1. The Balaban J connectivity index is 2.28. The number of hydrogen-bond acceptors (Lipinski definition) is 5. The molecule has 0 unspecified atom stereocenters. The second kappa shape index (κ2) is 4.55. The monoisotopic (exact) mass is 247 g/mol. The summed E-state index contributed by atoms with van der Waals surface area (Å²) in [5, 5.41) is 3.80. The molecular weight excluding hydrogens is 234 g/mol. The average molecular weight is 247 g/mol. The fraction of sp³-hybridized carbons (Fsp3) is 0.167. The van der Waals surface area contributed by atoms with Crippen molar-refractivity contribution in [3.8, 4) is 0 Å². The van der Waals surface area contributed by atoms with Crippen LogP contribution in [0.25, 0.3) is 0 Å². The zero-order valence-electron chi connectivity index (χ0n) is 9.65. The van der Waals surface area contributed by atoms with Gasteiger partial charge in [0, 0.05) is 12.6 Å². The molecule has 2 rings (SSSR count). The van der Waals surface area contributed by atoms with Gasteiger partial charge in [-0.15, -0.1) is 0 Å². The summed E-state index contributed by atoms with van der Waals surface area (Å²) in [5.41, 5.74) is 7.76. The molecule has 0 amide bonds. The first-order valence-electron chi connectivity index (χ1n) is 5.18. The lowest BCUT2D eigenvalue weighted by Crippen LogP contribution is -1.95. The van der Waals surface area contributed by atoms with Gasteiger partial charge < -0.3 is 11.1 Å². The molecule has 1 heterocycles. The number of anilines is 3. The molecule has 0 spiro atoms. The van der Waals surface area contributed by atoms with Crippen molar-refractivity contribution in [1.82, 2.24) is 4.98 Å². The molecular formula is C12H13N3OS. The molecule has 0 saturated carbocycles. The molecule has 5 heteroatoms. The maximum atomic E-state index is 11.3. The van der Waals surface area contributed by atoms with Crippen LogP contribution >= 0.6 is 11.3 Å². The van der Waals surface area contributed by atoms with Gasteiger partial charge in [-0.2, -0.15) is 0 Å². The lowest BCUT2D eigenvalue weighted by atomic mass is 10.2. The first kappa shape index (κ1) is 11.6. The number of benzene rings is 1. The molecule has 4 nitrogen and oxygen atoms in total. The average Bonchev–Trinajstić information content (AvgIpc) is 2.63. The topological polar surface area (TPSA) is 68.0 Å². The fourth-order valence-corrected chi connectivity index (χ4v) is 2.26. The van der Waals surface area contributed by atoms with E-state index in [1.165, 1.54) is 18.3 Å². The minimum absolute atomic E-state index is 0.0576. The van der Waals surface area contributed by atoms with E-state index in [9.17, 15) is 4.79 Å². The Morgan fingerprint density at radius 1 is 1.41 bits per heavy atom. The summed E-state index contributed by atoms with van der Waals surface area (Å²) >= 11 is 1.27. The van der Waals surface area contributed by atoms with Gasteiger partial charge in [0.1, 0.15) is 10.7 Å². The van der Waals surface area contributed by atoms with Gasteiger partial charge in [-0.05, 0) is 18.6 Å². The van der Waals surface area contributed by atoms with Crippen LogP contribution in [0, 0.1) is 6.92 Å². The van der Waals surface area contributed by atoms with E-state index in [0.29, 0.717) is 15.8 Å². The van der Waals surface area contributed by atoms with E-state index in [0.717, 1.165) is 11.3 Å². The maximum Gasteiger partial charge on any atom is 0.189 e. The largest absolute Gasteiger partial charge is 0.382 e. The smallest absolute Gasteiger partial charge is 0.189 e. The number of Topliss-reactive ketones (excluding diaryl/α,β-unsaturated/α-hetero) is 1. The van der Waals surface area contributed by atoms with Gasteiger partial charge in [-0.25, -0.2) is 4.98 Å². The first-order valence-corrected chi connectivity index (χ1v) is 5.99. The summed E-state index contributed by atoms with van der Waals surface area (Å²) in [5.74, 6) is 0.233. The summed E-state index contributed by atoms with van der Waals surface area (Å²) in [7, 11) is 0. The molecule has 3 N–H and O–H groups in total. The predicted octanol–water partition coefficient (Wildman–Crippen LogP) is 2.98. The van der Waals surface area contributed by atoms with Crippen LogP contribution in [0.4, 0.5) is 16.6 Å². The number of carbonyl (C=O) groups is 1. The highest BCUT2D eigenvalue weighted by atomic mass is 32.1. The summed E-state index contributed by atoms with van der Waals surface area (Å²) in [6.45, 7) is 3.49. The lowest BCUT2D eigenvalue weighted by molar-refractivity contribution is 0.102. The van der Waals surface area contributed by atoms with Crippen molar-refractivity contribution in [2.24, 2.45) is 0 Å². The first-order chi connectivity index (χ1) is 8.08. The summed E-state index contributed by atoms with van der Waals surface area (Å²) in [4.78, 5) is 15.9. The van der Waals surface area contributed by atoms with E-state index in [2.05, 4.69) is 10.3 Å². The molecule has 0 bridgehead atoms. The van der Waals surface area contributed by atoms with Gasteiger partial charge in [0.25, 0.3) is 0 Å². The number of nitrogen functional groups attached to an aromatic ring is 1. The van der Waals surface area contributed by atoms with Crippen molar-refractivity contribution in [3.05, 3.63) is 34.7 Å². The van der Waals surface area contributed by atoms with Crippen LogP contribution in [0.2, 0.25) is 0 Å². The number of nitrogens with one attached hydrogen (secondary N) is 1. The SMILES string of the molecule is CC(=O)c1sc(Nc2ccccc2C)nc1N. The number of nitrogens with zero attached hydrogens (tertiary/aromatic N) is 1. The molecule has 2 aromatic rings. The highest BCUT2D eigenvalue weighted by Gasteiger charge is 2.12. The Morgan fingerprint density at radius 2 is 2.12 bits per heavy atom. The molecule has 1 aromatic carbocycles. The number of thiazole rings is 1. The zero-order valence-corrected chi connectivity index (χ0v) is 10.5. The minimum atomic E-state index is -0.0576. The Labute approximate surface area is 103 Å². The Morgan fingerprint density at radius 3 is 2.71 bits per heavy atom.